The van der Waals surface area contributed by atoms with E-state index in [-0.39, 0.29) is 12.8 Å². The standard InChI is InChI=1S/C47H85O19P3/c1-3-5-7-9-11-13-15-17-19-20-22-24-26-28-30-32-34-36-41(49)63-39(37-61-40(48)35-33-31-29-27-25-23-21-18-16-14-12-10-8-6-4-2)38-62-69(59,60)66-45-42(50)43(51)46(64-67(53,54)55)47(44(45)52)65-68(56,57)58/h17-19,21-22,24,28,30,39,42-47,50-52H,3-16,20,23,25-27,29,31-38H2,1-2H3,(H,59,60)(H2,53,54,55)(H2,56,57,58)/t39-,42?,43?,44?,45+,46?,47+/m1/s1. The van der Waals surface area contributed by atoms with Gasteiger partial charge in [-0.2, -0.15) is 0 Å². The van der Waals surface area contributed by atoms with E-state index >= 15 is 0 Å². The van der Waals surface area contributed by atoms with Crippen molar-refractivity contribution in [1.82, 2.24) is 0 Å². The number of carbonyl (C=O) groups is 2. The molecule has 5 unspecified atom stereocenters. The van der Waals surface area contributed by atoms with Crippen LogP contribution >= 0.6 is 23.5 Å². The number of unbranched alkanes of at least 4 members (excludes halogenated alkanes) is 18. The summed E-state index contributed by atoms with van der Waals surface area (Å²) in [5.41, 5.74) is 0. The Morgan fingerprint density at radius 2 is 0.855 bits per heavy atom. The average Bonchev–Trinajstić information content (AvgIpc) is 3.28. The van der Waals surface area contributed by atoms with Gasteiger partial charge in [0.05, 0.1) is 6.61 Å². The van der Waals surface area contributed by atoms with E-state index in [1.165, 1.54) is 77.0 Å². The third-order valence-corrected chi connectivity index (χ3v) is 13.1. The molecule has 0 spiro atoms. The number of allylic oxidation sites excluding steroid dienone is 8. The summed E-state index contributed by atoms with van der Waals surface area (Å²) in [4.78, 5) is 73.2. The monoisotopic (exact) mass is 1050 g/mol. The first-order chi connectivity index (χ1) is 32.8. The van der Waals surface area contributed by atoms with E-state index in [1.54, 1.807) is 0 Å². The topological polar surface area (TPSA) is 303 Å². The Balaban J connectivity index is 2.76. The van der Waals surface area contributed by atoms with Crippen LogP contribution in [0, 0.1) is 0 Å². The molecule has 1 aliphatic carbocycles. The summed E-state index contributed by atoms with van der Waals surface area (Å²) in [5.74, 6) is -1.37. The fourth-order valence-corrected chi connectivity index (χ4v) is 9.45. The van der Waals surface area contributed by atoms with Crippen LogP contribution in [-0.2, 0) is 50.9 Å². The summed E-state index contributed by atoms with van der Waals surface area (Å²) in [6.07, 6.45) is 25.6. The lowest BCUT2D eigenvalue weighted by molar-refractivity contribution is -0.213. The van der Waals surface area contributed by atoms with E-state index in [1.807, 2.05) is 12.2 Å². The molecule has 1 aliphatic rings. The maximum atomic E-state index is 13.1. The van der Waals surface area contributed by atoms with Crippen LogP contribution in [0.4, 0.5) is 0 Å². The van der Waals surface area contributed by atoms with Crippen LogP contribution in [0.2, 0.25) is 0 Å². The van der Waals surface area contributed by atoms with Crippen molar-refractivity contribution < 1.29 is 90.6 Å². The number of hydrogen-bond donors (Lipinski definition) is 8. The molecular formula is C47H85O19P3. The molecule has 0 aliphatic heterocycles. The summed E-state index contributed by atoms with van der Waals surface area (Å²) in [6, 6.07) is 0. The predicted molar refractivity (Wildman–Crippen MR) is 261 cm³/mol. The first-order valence-corrected chi connectivity index (χ1v) is 29.5. The second-order valence-electron chi connectivity index (χ2n) is 17.4. The minimum atomic E-state index is -5.61. The molecule has 0 heterocycles. The lowest BCUT2D eigenvalue weighted by atomic mass is 9.85. The quantitative estimate of drug-likeness (QED) is 0.0122. The average molecular weight is 1050 g/mol. The fourth-order valence-electron chi connectivity index (χ4n) is 7.36. The largest absolute Gasteiger partial charge is 0.472 e. The van der Waals surface area contributed by atoms with Gasteiger partial charge in [0, 0.05) is 12.8 Å². The Kier molecular flexibility index (Phi) is 36.5. The molecule has 22 heteroatoms. The number of phosphoric acid groups is 3. The highest BCUT2D eigenvalue weighted by Gasteiger charge is 2.56. The van der Waals surface area contributed by atoms with Crippen molar-refractivity contribution >= 4 is 35.4 Å². The molecule has 1 fully saturated rings. The van der Waals surface area contributed by atoms with E-state index in [4.69, 9.17) is 18.5 Å². The summed E-state index contributed by atoms with van der Waals surface area (Å²) in [5, 5.41) is 31.9. The molecule has 8 atom stereocenters. The SMILES string of the molecule is CCCCCCCCC=CCC=CCC=CCCCC(=O)O[C@H](COC(=O)CCCCCCCC=CCCCCCCCC)COP(=O)(O)O[C@H]1C(O)C(O)C(OP(=O)(O)O)[C@@H](OP(=O)(O)O)C1O. The lowest BCUT2D eigenvalue weighted by Crippen LogP contribution is -2.65. The molecule has 1 saturated carbocycles. The van der Waals surface area contributed by atoms with Gasteiger partial charge in [0.1, 0.15) is 43.2 Å². The van der Waals surface area contributed by atoms with E-state index in [0.29, 0.717) is 25.7 Å². The van der Waals surface area contributed by atoms with Gasteiger partial charge in [-0.05, 0) is 70.6 Å². The number of ether oxygens (including phenoxy) is 2. The molecule has 0 aromatic heterocycles. The van der Waals surface area contributed by atoms with E-state index in [9.17, 15) is 63.1 Å². The van der Waals surface area contributed by atoms with Crippen molar-refractivity contribution in [3.8, 4) is 0 Å². The van der Waals surface area contributed by atoms with Crippen LogP contribution in [0.15, 0.2) is 48.6 Å². The Labute approximate surface area is 410 Å². The molecule has 0 aromatic carbocycles. The third-order valence-electron chi connectivity index (χ3n) is 11.1. The molecule has 0 radical (unpaired) electrons. The lowest BCUT2D eigenvalue weighted by Gasteiger charge is -2.44. The van der Waals surface area contributed by atoms with Gasteiger partial charge in [0.25, 0.3) is 0 Å². The molecule has 0 saturated heterocycles. The summed E-state index contributed by atoms with van der Waals surface area (Å²) in [6.45, 7) is 2.89. The molecule has 1 rings (SSSR count). The minimum Gasteiger partial charge on any atom is -0.462 e. The Hall–Kier alpha value is -1.89. The van der Waals surface area contributed by atoms with E-state index in [2.05, 4.69) is 59.4 Å². The van der Waals surface area contributed by atoms with Gasteiger partial charge < -0.3 is 49.3 Å². The van der Waals surface area contributed by atoms with Gasteiger partial charge in [-0.1, -0.05) is 146 Å². The number of phosphoric ester groups is 3. The molecular weight excluding hydrogens is 961 g/mol. The van der Waals surface area contributed by atoms with Crippen molar-refractivity contribution in [3.05, 3.63) is 48.6 Å². The molecule has 402 valence electrons. The van der Waals surface area contributed by atoms with Crippen molar-refractivity contribution in [1.29, 1.82) is 0 Å². The summed E-state index contributed by atoms with van der Waals surface area (Å²) < 4.78 is 65.5. The fraction of sp³-hybridized carbons (Fsp3) is 0.787. The summed E-state index contributed by atoms with van der Waals surface area (Å²) >= 11 is 0. The third kappa shape index (κ3) is 35.0. The zero-order chi connectivity index (χ0) is 51.4. The van der Waals surface area contributed by atoms with E-state index in [0.717, 1.165) is 51.4 Å². The van der Waals surface area contributed by atoms with Crippen LogP contribution in [0.5, 0.6) is 0 Å². The molecule has 69 heavy (non-hydrogen) atoms. The number of rotatable bonds is 42. The predicted octanol–water partition coefficient (Wildman–Crippen LogP) is 9.40. The number of carbonyl (C=O) groups excluding carboxylic acids is 2. The molecule has 0 amide bonds. The highest BCUT2D eigenvalue weighted by atomic mass is 31.2. The number of esters is 2. The number of hydrogen-bond acceptors (Lipinski definition) is 14. The molecule has 0 bridgehead atoms. The zero-order valence-electron chi connectivity index (χ0n) is 40.9. The van der Waals surface area contributed by atoms with Crippen LogP contribution in [0.1, 0.15) is 181 Å². The highest BCUT2D eigenvalue weighted by Crippen LogP contribution is 2.51. The van der Waals surface area contributed by atoms with Crippen molar-refractivity contribution in [2.75, 3.05) is 13.2 Å². The van der Waals surface area contributed by atoms with Gasteiger partial charge in [0.2, 0.25) is 0 Å². The molecule has 19 nitrogen and oxygen atoms in total. The smallest absolute Gasteiger partial charge is 0.462 e. The highest BCUT2D eigenvalue weighted by molar-refractivity contribution is 7.47. The minimum absolute atomic E-state index is 0.0587. The normalized spacial score (nSPS) is 21.7. The first-order valence-electron chi connectivity index (χ1n) is 24.9. The van der Waals surface area contributed by atoms with Crippen LogP contribution in [-0.4, -0.2) is 108 Å². The number of aliphatic hydroxyl groups excluding tert-OH is 3. The van der Waals surface area contributed by atoms with Crippen molar-refractivity contribution in [2.24, 2.45) is 0 Å². The maximum Gasteiger partial charge on any atom is 0.472 e. The molecule has 0 aromatic rings. The van der Waals surface area contributed by atoms with Gasteiger partial charge in [-0.25, -0.2) is 13.7 Å². The van der Waals surface area contributed by atoms with Crippen LogP contribution < -0.4 is 0 Å². The Bertz CT molecular complexity index is 1630. The first kappa shape index (κ1) is 65.1. The van der Waals surface area contributed by atoms with Crippen LogP contribution in [0.25, 0.3) is 0 Å². The van der Waals surface area contributed by atoms with E-state index < -0.39 is 91.3 Å². The Morgan fingerprint density at radius 1 is 0.464 bits per heavy atom. The van der Waals surface area contributed by atoms with Gasteiger partial charge >= 0.3 is 35.4 Å². The van der Waals surface area contributed by atoms with Gasteiger partial charge in [-0.15, -0.1) is 0 Å². The van der Waals surface area contributed by atoms with Crippen molar-refractivity contribution in [3.63, 3.8) is 0 Å². The van der Waals surface area contributed by atoms with Crippen LogP contribution in [0.3, 0.4) is 0 Å². The zero-order valence-corrected chi connectivity index (χ0v) is 43.6. The van der Waals surface area contributed by atoms with Gasteiger partial charge in [0.15, 0.2) is 6.10 Å². The number of aliphatic hydroxyl groups is 3. The van der Waals surface area contributed by atoms with Gasteiger partial charge in [-0.3, -0.25) is 27.7 Å². The second-order valence-corrected chi connectivity index (χ2v) is 21.2. The second kappa shape index (κ2) is 38.7. The summed E-state index contributed by atoms with van der Waals surface area (Å²) in [7, 11) is -16.6. The molecule has 8 N–H and O–H groups in total. The Morgan fingerprint density at radius 3 is 1.35 bits per heavy atom. The maximum absolute atomic E-state index is 13.1. The van der Waals surface area contributed by atoms with Crippen molar-refractivity contribution in [2.45, 2.75) is 224 Å².